The van der Waals surface area contributed by atoms with Crippen LogP contribution in [0, 0.1) is 10.1 Å². The fourth-order valence-corrected chi connectivity index (χ4v) is 2.21. The van der Waals surface area contributed by atoms with Gasteiger partial charge in [-0.15, -0.1) is 0 Å². The van der Waals surface area contributed by atoms with Crippen LogP contribution in [0.5, 0.6) is 11.5 Å². The third kappa shape index (κ3) is 4.40. The number of thiocarbonyl (C=S) groups is 1. The van der Waals surface area contributed by atoms with Gasteiger partial charge in [-0.3, -0.25) is 10.1 Å². The molecule has 0 fully saturated rings. The van der Waals surface area contributed by atoms with Gasteiger partial charge in [0.1, 0.15) is 16.5 Å². The number of benzene rings is 2. The van der Waals surface area contributed by atoms with E-state index in [1.54, 1.807) is 32.4 Å². The highest BCUT2D eigenvalue weighted by atomic mass is 32.1. The molecular formula is C16H16N2O4S. The van der Waals surface area contributed by atoms with E-state index in [0.29, 0.717) is 28.6 Å². The van der Waals surface area contributed by atoms with Crippen molar-refractivity contribution < 1.29 is 14.4 Å². The van der Waals surface area contributed by atoms with Crippen LogP contribution < -0.4 is 14.8 Å². The van der Waals surface area contributed by atoms with Crippen LogP contribution in [0.3, 0.4) is 0 Å². The van der Waals surface area contributed by atoms with E-state index in [1.165, 1.54) is 12.1 Å². The summed E-state index contributed by atoms with van der Waals surface area (Å²) >= 11 is 5.29. The predicted octanol–water partition coefficient (Wildman–Crippen LogP) is 3.08. The number of methoxy groups -OCH3 is 2. The minimum atomic E-state index is -0.445. The summed E-state index contributed by atoms with van der Waals surface area (Å²) in [5.41, 5.74) is 1.53. The van der Waals surface area contributed by atoms with Gasteiger partial charge in [0.15, 0.2) is 0 Å². The number of non-ortho nitro benzene ring substituents is 1. The molecule has 0 atom stereocenters. The molecule has 120 valence electrons. The van der Waals surface area contributed by atoms with Crippen LogP contribution in [0.15, 0.2) is 42.5 Å². The van der Waals surface area contributed by atoms with Crippen molar-refractivity contribution in [2.24, 2.45) is 0 Å². The average Bonchev–Trinajstić information content (AvgIpc) is 2.59. The average molecular weight is 332 g/mol. The molecule has 0 saturated heterocycles. The standard InChI is InChI=1S/C16H16N2O4S/c1-21-14-6-11(7-15(9-14)22-2)10-17-16(23)12-4-3-5-13(8-12)18(19)20/h3-9H,10H2,1-2H3,(H,17,23). The second-order valence-electron chi connectivity index (χ2n) is 4.71. The predicted molar refractivity (Wildman–Crippen MR) is 91.2 cm³/mol. The number of nitro benzene ring substituents is 1. The number of ether oxygens (including phenoxy) is 2. The number of nitrogens with zero attached hydrogens (tertiary/aromatic N) is 1. The van der Waals surface area contributed by atoms with Gasteiger partial charge in [-0.1, -0.05) is 24.4 Å². The van der Waals surface area contributed by atoms with Crippen molar-refractivity contribution in [1.29, 1.82) is 0 Å². The second kappa shape index (κ2) is 7.55. The van der Waals surface area contributed by atoms with Crippen molar-refractivity contribution in [2.45, 2.75) is 6.54 Å². The number of nitrogens with one attached hydrogen (secondary N) is 1. The molecule has 0 saturated carbocycles. The summed E-state index contributed by atoms with van der Waals surface area (Å²) in [6.45, 7) is 0.453. The van der Waals surface area contributed by atoms with Gasteiger partial charge in [0.05, 0.1) is 19.1 Å². The Kier molecular flexibility index (Phi) is 5.48. The molecule has 0 bridgehead atoms. The lowest BCUT2D eigenvalue weighted by Crippen LogP contribution is -2.21. The third-order valence-corrected chi connectivity index (χ3v) is 3.56. The molecule has 0 heterocycles. The van der Waals surface area contributed by atoms with Gasteiger partial charge < -0.3 is 14.8 Å². The van der Waals surface area contributed by atoms with Crippen LogP contribution in [0.25, 0.3) is 0 Å². The van der Waals surface area contributed by atoms with Gasteiger partial charge in [-0.25, -0.2) is 0 Å². The Hall–Kier alpha value is -2.67. The van der Waals surface area contributed by atoms with Gasteiger partial charge >= 0.3 is 0 Å². The molecule has 0 radical (unpaired) electrons. The van der Waals surface area contributed by atoms with Gasteiger partial charge in [0.25, 0.3) is 5.69 Å². The van der Waals surface area contributed by atoms with Gasteiger partial charge in [-0.05, 0) is 17.7 Å². The van der Waals surface area contributed by atoms with Gasteiger partial charge in [0, 0.05) is 30.3 Å². The Balaban J connectivity index is 2.10. The van der Waals surface area contributed by atoms with Crippen LogP contribution in [0.2, 0.25) is 0 Å². The zero-order valence-electron chi connectivity index (χ0n) is 12.7. The maximum Gasteiger partial charge on any atom is 0.270 e. The van der Waals surface area contributed by atoms with E-state index in [9.17, 15) is 10.1 Å². The Morgan fingerprint density at radius 3 is 2.39 bits per heavy atom. The first-order chi connectivity index (χ1) is 11.0. The highest BCUT2D eigenvalue weighted by Gasteiger charge is 2.09. The third-order valence-electron chi connectivity index (χ3n) is 3.18. The van der Waals surface area contributed by atoms with E-state index in [0.717, 1.165) is 5.56 Å². The van der Waals surface area contributed by atoms with E-state index in [-0.39, 0.29) is 5.69 Å². The van der Waals surface area contributed by atoms with E-state index < -0.39 is 4.92 Å². The minimum Gasteiger partial charge on any atom is -0.497 e. The van der Waals surface area contributed by atoms with Crippen molar-refractivity contribution in [3.63, 3.8) is 0 Å². The van der Waals surface area contributed by atoms with E-state index in [4.69, 9.17) is 21.7 Å². The molecule has 0 aromatic heterocycles. The Labute approximate surface area is 139 Å². The Morgan fingerprint density at radius 2 is 1.83 bits per heavy atom. The first-order valence-electron chi connectivity index (χ1n) is 6.78. The molecule has 0 aliphatic rings. The molecule has 2 rings (SSSR count). The second-order valence-corrected chi connectivity index (χ2v) is 5.12. The summed E-state index contributed by atoms with van der Waals surface area (Å²) < 4.78 is 10.4. The van der Waals surface area contributed by atoms with Crippen molar-refractivity contribution in [1.82, 2.24) is 5.32 Å². The smallest absolute Gasteiger partial charge is 0.270 e. The zero-order valence-corrected chi connectivity index (χ0v) is 13.6. The van der Waals surface area contributed by atoms with Gasteiger partial charge in [0.2, 0.25) is 0 Å². The summed E-state index contributed by atoms with van der Waals surface area (Å²) in [4.78, 5) is 10.8. The summed E-state index contributed by atoms with van der Waals surface area (Å²) in [6, 6.07) is 11.7. The zero-order chi connectivity index (χ0) is 16.8. The van der Waals surface area contributed by atoms with Crippen molar-refractivity contribution in [3.05, 3.63) is 63.7 Å². The van der Waals surface area contributed by atoms with Crippen LogP contribution in [0.1, 0.15) is 11.1 Å². The molecule has 1 N–H and O–H groups in total. The Morgan fingerprint density at radius 1 is 1.17 bits per heavy atom. The maximum atomic E-state index is 10.8. The highest BCUT2D eigenvalue weighted by molar-refractivity contribution is 7.80. The lowest BCUT2D eigenvalue weighted by atomic mass is 10.1. The quantitative estimate of drug-likeness (QED) is 0.498. The van der Waals surface area contributed by atoms with Crippen LogP contribution >= 0.6 is 12.2 Å². The van der Waals surface area contributed by atoms with E-state index >= 15 is 0 Å². The monoisotopic (exact) mass is 332 g/mol. The molecule has 0 amide bonds. The molecule has 0 spiro atoms. The van der Waals surface area contributed by atoms with E-state index in [1.807, 2.05) is 12.1 Å². The van der Waals surface area contributed by atoms with Crippen molar-refractivity contribution in [2.75, 3.05) is 14.2 Å². The first kappa shape index (κ1) is 16.7. The molecule has 0 unspecified atom stereocenters. The topological polar surface area (TPSA) is 73.6 Å². The summed E-state index contributed by atoms with van der Waals surface area (Å²) in [7, 11) is 3.17. The number of rotatable bonds is 6. The Bertz CT molecular complexity index is 712. The van der Waals surface area contributed by atoms with Gasteiger partial charge in [-0.2, -0.15) is 0 Å². The van der Waals surface area contributed by atoms with Crippen LogP contribution in [0.4, 0.5) is 5.69 Å². The molecule has 0 aliphatic heterocycles. The van der Waals surface area contributed by atoms with Crippen LogP contribution in [-0.2, 0) is 6.54 Å². The van der Waals surface area contributed by atoms with Crippen molar-refractivity contribution >= 4 is 22.9 Å². The molecular weight excluding hydrogens is 316 g/mol. The summed E-state index contributed by atoms with van der Waals surface area (Å²) in [6.07, 6.45) is 0. The lowest BCUT2D eigenvalue weighted by Gasteiger charge is -2.11. The molecule has 2 aromatic rings. The fourth-order valence-electron chi connectivity index (χ4n) is 2.01. The maximum absolute atomic E-state index is 10.8. The van der Waals surface area contributed by atoms with Crippen molar-refractivity contribution in [3.8, 4) is 11.5 Å². The molecule has 7 heteroatoms. The molecule has 0 aliphatic carbocycles. The fraction of sp³-hybridized carbons (Fsp3) is 0.188. The SMILES string of the molecule is COc1cc(CNC(=S)c2cccc([N+](=O)[O-])c2)cc(OC)c1. The number of nitro groups is 1. The first-order valence-corrected chi connectivity index (χ1v) is 7.19. The highest BCUT2D eigenvalue weighted by Crippen LogP contribution is 2.22. The van der Waals surface area contributed by atoms with E-state index in [2.05, 4.69) is 5.32 Å². The largest absolute Gasteiger partial charge is 0.497 e. The number of hydrogen-bond acceptors (Lipinski definition) is 5. The molecule has 23 heavy (non-hydrogen) atoms. The molecule has 2 aromatic carbocycles. The molecule has 6 nitrogen and oxygen atoms in total. The normalized spacial score (nSPS) is 10.0. The number of hydrogen-bond donors (Lipinski definition) is 1. The summed E-state index contributed by atoms with van der Waals surface area (Å²) in [5, 5.41) is 13.9. The summed E-state index contributed by atoms with van der Waals surface area (Å²) in [5.74, 6) is 1.37. The lowest BCUT2D eigenvalue weighted by molar-refractivity contribution is -0.384. The minimum absolute atomic E-state index is 0.00898. The van der Waals surface area contributed by atoms with Crippen LogP contribution in [-0.4, -0.2) is 24.1 Å².